The van der Waals surface area contributed by atoms with Crippen LogP contribution in [0.2, 0.25) is 0 Å². The Kier molecular flexibility index (Phi) is 6.58. The summed E-state index contributed by atoms with van der Waals surface area (Å²) in [6, 6.07) is 0.444. The van der Waals surface area contributed by atoms with Crippen LogP contribution in [0.25, 0.3) is 0 Å². The highest BCUT2D eigenvalue weighted by atomic mass is 15.1. The van der Waals surface area contributed by atoms with Crippen molar-refractivity contribution < 1.29 is 0 Å². The van der Waals surface area contributed by atoms with Gasteiger partial charge >= 0.3 is 0 Å². The van der Waals surface area contributed by atoms with Gasteiger partial charge < -0.3 is 9.88 Å². The molecule has 3 nitrogen and oxygen atoms in total. The van der Waals surface area contributed by atoms with Crippen molar-refractivity contribution in [3.05, 3.63) is 18.2 Å². The van der Waals surface area contributed by atoms with Crippen molar-refractivity contribution in [2.24, 2.45) is 5.92 Å². The molecular formula is C17H31N3. The minimum atomic E-state index is 0.444. The lowest BCUT2D eigenvalue weighted by molar-refractivity contribution is 0.277. The van der Waals surface area contributed by atoms with Crippen molar-refractivity contribution in [2.75, 3.05) is 6.54 Å². The zero-order chi connectivity index (χ0) is 14.2. The summed E-state index contributed by atoms with van der Waals surface area (Å²) in [7, 11) is 0. The first-order chi connectivity index (χ1) is 9.86. The maximum Gasteiger partial charge on any atom is 0.126 e. The van der Waals surface area contributed by atoms with Crippen molar-refractivity contribution in [3.8, 4) is 0 Å². The van der Waals surface area contributed by atoms with E-state index in [0.717, 1.165) is 19.0 Å². The first-order valence-corrected chi connectivity index (χ1v) is 8.61. The highest BCUT2D eigenvalue weighted by Gasteiger charge is 2.26. The van der Waals surface area contributed by atoms with Gasteiger partial charge in [0, 0.05) is 18.9 Å². The summed E-state index contributed by atoms with van der Waals surface area (Å²) in [6.07, 6.45) is 15.0. The van der Waals surface area contributed by atoms with Gasteiger partial charge in [-0.15, -0.1) is 0 Å². The van der Waals surface area contributed by atoms with E-state index >= 15 is 0 Å². The van der Waals surface area contributed by atoms with Crippen LogP contribution in [-0.4, -0.2) is 16.1 Å². The predicted octanol–water partition coefficient (Wildman–Crippen LogP) is 4.30. The molecule has 0 bridgehead atoms. The molecule has 1 aromatic rings. The molecule has 2 rings (SSSR count). The fourth-order valence-electron chi connectivity index (χ4n) is 3.54. The number of rotatable bonds is 6. The largest absolute Gasteiger partial charge is 0.334 e. The van der Waals surface area contributed by atoms with Crippen LogP contribution in [0.3, 0.4) is 0 Å². The van der Waals surface area contributed by atoms with Gasteiger partial charge in [0.2, 0.25) is 0 Å². The van der Waals surface area contributed by atoms with Crippen molar-refractivity contribution >= 4 is 0 Å². The Morgan fingerprint density at radius 3 is 2.55 bits per heavy atom. The van der Waals surface area contributed by atoms with Crippen molar-refractivity contribution in [2.45, 2.75) is 77.8 Å². The van der Waals surface area contributed by atoms with Gasteiger partial charge in [-0.3, -0.25) is 0 Å². The number of nitrogens with zero attached hydrogens (tertiary/aromatic N) is 2. The summed E-state index contributed by atoms with van der Waals surface area (Å²) in [4.78, 5) is 4.68. The average Bonchev–Trinajstić information content (AvgIpc) is 2.85. The first kappa shape index (κ1) is 15.6. The van der Waals surface area contributed by atoms with Crippen LogP contribution in [0.1, 0.15) is 77.1 Å². The molecule has 1 saturated carbocycles. The summed E-state index contributed by atoms with van der Waals surface area (Å²) >= 11 is 0. The Bertz CT molecular complexity index is 364. The van der Waals surface area contributed by atoms with E-state index in [9.17, 15) is 0 Å². The van der Waals surface area contributed by atoms with Crippen LogP contribution >= 0.6 is 0 Å². The quantitative estimate of drug-likeness (QED) is 0.840. The zero-order valence-corrected chi connectivity index (χ0v) is 13.3. The molecule has 0 saturated heterocycles. The predicted molar refractivity (Wildman–Crippen MR) is 84.7 cm³/mol. The molecule has 1 aliphatic carbocycles. The number of aromatic nitrogens is 2. The summed E-state index contributed by atoms with van der Waals surface area (Å²) in [5.74, 6) is 2.02. The van der Waals surface area contributed by atoms with Crippen molar-refractivity contribution in [1.82, 2.24) is 14.9 Å². The third kappa shape index (κ3) is 4.08. The SMILES string of the molecule is CCCn1ccnc1C(NCC)C1CCCCCCC1. The fraction of sp³-hybridized carbons (Fsp3) is 0.824. The molecule has 20 heavy (non-hydrogen) atoms. The molecule has 0 radical (unpaired) electrons. The van der Waals surface area contributed by atoms with Gasteiger partial charge in [0.25, 0.3) is 0 Å². The Labute approximate surface area is 124 Å². The normalized spacial score (nSPS) is 19.5. The molecule has 1 fully saturated rings. The van der Waals surface area contributed by atoms with Crippen LogP contribution in [0, 0.1) is 5.92 Å². The van der Waals surface area contributed by atoms with E-state index in [1.165, 1.54) is 57.2 Å². The second-order valence-electron chi connectivity index (χ2n) is 6.12. The van der Waals surface area contributed by atoms with Gasteiger partial charge in [0.05, 0.1) is 6.04 Å². The number of hydrogen-bond acceptors (Lipinski definition) is 2. The van der Waals surface area contributed by atoms with Gasteiger partial charge in [0.1, 0.15) is 5.82 Å². The van der Waals surface area contributed by atoms with E-state index < -0.39 is 0 Å². The van der Waals surface area contributed by atoms with Crippen LogP contribution in [0.4, 0.5) is 0 Å². The van der Waals surface area contributed by atoms with E-state index in [1.54, 1.807) is 0 Å². The Hall–Kier alpha value is -0.830. The maximum absolute atomic E-state index is 4.68. The minimum Gasteiger partial charge on any atom is -0.334 e. The van der Waals surface area contributed by atoms with Gasteiger partial charge in [-0.1, -0.05) is 46.0 Å². The number of imidazole rings is 1. The molecule has 0 aliphatic heterocycles. The van der Waals surface area contributed by atoms with Crippen LogP contribution < -0.4 is 5.32 Å². The molecule has 0 amide bonds. The molecule has 1 N–H and O–H groups in total. The van der Waals surface area contributed by atoms with Crippen molar-refractivity contribution in [1.29, 1.82) is 0 Å². The number of aryl methyl sites for hydroxylation is 1. The third-order valence-electron chi connectivity index (χ3n) is 4.54. The van der Waals surface area contributed by atoms with Gasteiger partial charge in [-0.25, -0.2) is 4.98 Å². The van der Waals surface area contributed by atoms with E-state index in [0.29, 0.717) is 6.04 Å². The Balaban J connectivity index is 2.13. The molecule has 1 aliphatic rings. The lowest BCUT2D eigenvalue weighted by atomic mass is 9.85. The fourth-order valence-corrected chi connectivity index (χ4v) is 3.54. The topological polar surface area (TPSA) is 29.9 Å². The van der Waals surface area contributed by atoms with Crippen LogP contribution in [0.5, 0.6) is 0 Å². The van der Waals surface area contributed by atoms with Gasteiger partial charge in [-0.05, 0) is 31.7 Å². The highest BCUT2D eigenvalue weighted by Crippen LogP contribution is 2.32. The summed E-state index contributed by atoms with van der Waals surface area (Å²) < 4.78 is 2.35. The molecule has 1 unspecified atom stereocenters. The zero-order valence-electron chi connectivity index (χ0n) is 13.3. The van der Waals surface area contributed by atoms with Crippen LogP contribution in [0.15, 0.2) is 12.4 Å². The summed E-state index contributed by atoms with van der Waals surface area (Å²) in [5, 5.41) is 3.72. The first-order valence-electron chi connectivity index (χ1n) is 8.61. The van der Waals surface area contributed by atoms with E-state index in [2.05, 4.69) is 34.9 Å². The standard InChI is InChI=1S/C17H31N3/c1-3-13-20-14-12-19-17(20)16(18-4-2)15-10-8-6-5-7-9-11-15/h12,14-16,18H,3-11,13H2,1-2H3. The molecule has 1 heterocycles. The number of hydrogen-bond donors (Lipinski definition) is 1. The van der Waals surface area contributed by atoms with E-state index in [1.807, 2.05) is 6.20 Å². The monoisotopic (exact) mass is 277 g/mol. The molecule has 114 valence electrons. The smallest absolute Gasteiger partial charge is 0.126 e. The summed E-state index contributed by atoms with van der Waals surface area (Å²) in [6.45, 7) is 6.56. The maximum atomic E-state index is 4.68. The molecular weight excluding hydrogens is 246 g/mol. The molecule has 0 aromatic carbocycles. The molecule has 0 spiro atoms. The van der Waals surface area contributed by atoms with Gasteiger partial charge in [-0.2, -0.15) is 0 Å². The van der Waals surface area contributed by atoms with Gasteiger partial charge in [0.15, 0.2) is 0 Å². The minimum absolute atomic E-state index is 0.444. The summed E-state index contributed by atoms with van der Waals surface area (Å²) in [5.41, 5.74) is 0. The highest BCUT2D eigenvalue weighted by molar-refractivity contribution is 5.02. The van der Waals surface area contributed by atoms with E-state index in [-0.39, 0.29) is 0 Å². The Morgan fingerprint density at radius 2 is 1.90 bits per heavy atom. The Morgan fingerprint density at radius 1 is 1.20 bits per heavy atom. The lowest BCUT2D eigenvalue weighted by Crippen LogP contribution is -2.31. The molecule has 3 heteroatoms. The second-order valence-corrected chi connectivity index (χ2v) is 6.12. The van der Waals surface area contributed by atoms with Crippen molar-refractivity contribution in [3.63, 3.8) is 0 Å². The lowest BCUT2D eigenvalue weighted by Gasteiger charge is -2.29. The number of nitrogens with one attached hydrogen (secondary N) is 1. The third-order valence-corrected chi connectivity index (χ3v) is 4.54. The van der Waals surface area contributed by atoms with E-state index in [4.69, 9.17) is 0 Å². The average molecular weight is 277 g/mol. The molecule has 1 atom stereocenters. The molecule has 1 aromatic heterocycles. The van der Waals surface area contributed by atoms with Crippen LogP contribution in [-0.2, 0) is 6.54 Å². The second kappa shape index (κ2) is 8.46.